The molecule has 1 N–H and O–H groups in total. The average molecular weight is 188 g/mol. The second-order valence-electron chi connectivity index (χ2n) is 3.38. The Morgan fingerprint density at radius 1 is 1.46 bits per heavy atom. The SMILES string of the molecule is CCCC(C)CCC(=O)OCCO. The van der Waals surface area contributed by atoms with Gasteiger partial charge in [-0.25, -0.2) is 0 Å². The van der Waals surface area contributed by atoms with E-state index in [9.17, 15) is 4.79 Å². The molecular weight excluding hydrogens is 168 g/mol. The Morgan fingerprint density at radius 3 is 2.69 bits per heavy atom. The third kappa shape index (κ3) is 7.78. The molecule has 0 aliphatic carbocycles. The van der Waals surface area contributed by atoms with Crippen LogP contribution in [0.3, 0.4) is 0 Å². The lowest BCUT2D eigenvalue weighted by molar-refractivity contribution is -0.144. The van der Waals surface area contributed by atoms with Crippen molar-refractivity contribution >= 4 is 5.97 Å². The minimum Gasteiger partial charge on any atom is -0.463 e. The molecule has 0 spiro atoms. The van der Waals surface area contributed by atoms with Crippen molar-refractivity contribution in [1.29, 1.82) is 0 Å². The summed E-state index contributed by atoms with van der Waals surface area (Å²) in [6.45, 7) is 4.32. The van der Waals surface area contributed by atoms with Gasteiger partial charge in [-0.3, -0.25) is 4.79 Å². The van der Waals surface area contributed by atoms with Gasteiger partial charge in [0.2, 0.25) is 0 Å². The molecule has 0 saturated heterocycles. The zero-order valence-corrected chi connectivity index (χ0v) is 8.58. The number of ether oxygens (including phenoxy) is 1. The second kappa shape index (κ2) is 8.05. The van der Waals surface area contributed by atoms with Crippen LogP contribution < -0.4 is 0 Å². The number of aliphatic hydroxyl groups is 1. The number of hydrogen-bond acceptors (Lipinski definition) is 3. The van der Waals surface area contributed by atoms with E-state index < -0.39 is 0 Å². The van der Waals surface area contributed by atoms with E-state index in [2.05, 4.69) is 13.8 Å². The molecule has 0 heterocycles. The van der Waals surface area contributed by atoms with Gasteiger partial charge in [-0.15, -0.1) is 0 Å². The highest BCUT2D eigenvalue weighted by molar-refractivity contribution is 5.69. The smallest absolute Gasteiger partial charge is 0.305 e. The van der Waals surface area contributed by atoms with Gasteiger partial charge in [-0.05, 0) is 12.3 Å². The van der Waals surface area contributed by atoms with Crippen LogP contribution in [0.25, 0.3) is 0 Å². The maximum atomic E-state index is 11.0. The fraction of sp³-hybridized carbons (Fsp3) is 0.900. The Morgan fingerprint density at radius 2 is 2.15 bits per heavy atom. The molecule has 0 aliphatic rings. The van der Waals surface area contributed by atoms with E-state index in [1.807, 2.05) is 0 Å². The quantitative estimate of drug-likeness (QED) is 0.619. The number of carbonyl (C=O) groups is 1. The van der Waals surface area contributed by atoms with Crippen molar-refractivity contribution in [1.82, 2.24) is 0 Å². The fourth-order valence-corrected chi connectivity index (χ4v) is 1.23. The summed E-state index contributed by atoms with van der Waals surface area (Å²) in [6.07, 6.45) is 3.68. The van der Waals surface area contributed by atoms with Gasteiger partial charge in [-0.2, -0.15) is 0 Å². The standard InChI is InChI=1S/C10H20O3/c1-3-4-9(2)5-6-10(12)13-8-7-11/h9,11H,3-8H2,1-2H3. The Hall–Kier alpha value is -0.570. The van der Waals surface area contributed by atoms with Crippen molar-refractivity contribution in [3.8, 4) is 0 Å². The van der Waals surface area contributed by atoms with Gasteiger partial charge in [0.25, 0.3) is 0 Å². The number of rotatable bonds is 7. The molecule has 1 unspecified atom stereocenters. The lowest BCUT2D eigenvalue weighted by Crippen LogP contribution is -2.09. The van der Waals surface area contributed by atoms with E-state index in [-0.39, 0.29) is 19.2 Å². The predicted molar refractivity (Wildman–Crippen MR) is 51.4 cm³/mol. The molecule has 13 heavy (non-hydrogen) atoms. The lowest BCUT2D eigenvalue weighted by atomic mass is 10.0. The zero-order valence-electron chi connectivity index (χ0n) is 8.58. The minimum absolute atomic E-state index is 0.0871. The molecule has 0 radical (unpaired) electrons. The number of aliphatic hydroxyl groups excluding tert-OH is 1. The molecule has 78 valence electrons. The van der Waals surface area contributed by atoms with Gasteiger partial charge < -0.3 is 9.84 Å². The molecule has 3 heteroatoms. The molecule has 1 atom stereocenters. The van der Waals surface area contributed by atoms with E-state index in [1.54, 1.807) is 0 Å². The Labute approximate surface area is 80.1 Å². The fourth-order valence-electron chi connectivity index (χ4n) is 1.23. The van der Waals surface area contributed by atoms with Crippen LogP contribution in [0, 0.1) is 5.92 Å². The van der Waals surface area contributed by atoms with Crippen molar-refractivity contribution in [2.45, 2.75) is 39.5 Å². The maximum absolute atomic E-state index is 11.0. The second-order valence-corrected chi connectivity index (χ2v) is 3.38. The summed E-state index contributed by atoms with van der Waals surface area (Å²) >= 11 is 0. The summed E-state index contributed by atoms with van der Waals surface area (Å²) in [6, 6.07) is 0. The van der Waals surface area contributed by atoms with Crippen molar-refractivity contribution in [2.75, 3.05) is 13.2 Å². The monoisotopic (exact) mass is 188 g/mol. The van der Waals surface area contributed by atoms with E-state index in [0.29, 0.717) is 12.3 Å². The molecule has 0 aromatic carbocycles. The van der Waals surface area contributed by atoms with Crippen LogP contribution in [-0.2, 0) is 9.53 Å². The van der Waals surface area contributed by atoms with E-state index >= 15 is 0 Å². The van der Waals surface area contributed by atoms with Gasteiger partial charge in [0.05, 0.1) is 6.61 Å². The Bertz CT molecular complexity index is 134. The van der Waals surface area contributed by atoms with Gasteiger partial charge in [-0.1, -0.05) is 26.7 Å². The molecule has 0 aliphatic heterocycles. The summed E-state index contributed by atoms with van der Waals surface area (Å²) in [4.78, 5) is 11.0. The lowest BCUT2D eigenvalue weighted by Gasteiger charge is -2.08. The summed E-state index contributed by atoms with van der Waals surface area (Å²) in [5.74, 6) is 0.392. The molecule has 3 nitrogen and oxygen atoms in total. The molecule has 0 bridgehead atoms. The van der Waals surface area contributed by atoms with Crippen LogP contribution >= 0.6 is 0 Å². The third-order valence-electron chi connectivity index (χ3n) is 1.98. The van der Waals surface area contributed by atoms with Crippen LogP contribution in [0.4, 0.5) is 0 Å². The molecule has 0 amide bonds. The molecule has 0 saturated carbocycles. The minimum atomic E-state index is -0.197. The molecule has 0 rings (SSSR count). The van der Waals surface area contributed by atoms with Gasteiger partial charge in [0, 0.05) is 6.42 Å². The first-order valence-corrected chi connectivity index (χ1v) is 4.97. The number of hydrogen-bond donors (Lipinski definition) is 1. The first-order valence-electron chi connectivity index (χ1n) is 4.97. The summed E-state index contributed by atoms with van der Waals surface area (Å²) in [5.41, 5.74) is 0. The normalized spacial score (nSPS) is 12.5. The van der Waals surface area contributed by atoms with Crippen LogP contribution in [0.5, 0.6) is 0 Å². The van der Waals surface area contributed by atoms with Crippen LogP contribution in [0.2, 0.25) is 0 Å². The molecule has 0 aromatic rings. The summed E-state index contributed by atoms with van der Waals surface area (Å²) in [5, 5.41) is 8.40. The Kier molecular flexibility index (Phi) is 7.69. The highest BCUT2D eigenvalue weighted by atomic mass is 16.5. The predicted octanol–water partition coefficient (Wildman–Crippen LogP) is 1.74. The first kappa shape index (κ1) is 12.4. The van der Waals surface area contributed by atoms with Gasteiger partial charge >= 0.3 is 5.97 Å². The van der Waals surface area contributed by atoms with Crippen molar-refractivity contribution in [3.05, 3.63) is 0 Å². The van der Waals surface area contributed by atoms with Gasteiger partial charge in [0.1, 0.15) is 6.61 Å². The molecule has 0 fully saturated rings. The topological polar surface area (TPSA) is 46.5 Å². The summed E-state index contributed by atoms with van der Waals surface area (Å²) in [7, 11) is 0. The number of carbonyl (C=O) groups excluding carboxylic acids is 1. The Balaban J connectivity index is 3.34. The van der Waals surface area contributed by atoms with E-state index in [0.717, 1.165) is 19.3 Å². The van der Waals surface area contributed by atoms with E-state index in [4.69, 9.17) is 9.84 Å². The van der Waals surface area contributed by atoms with Crippen molar-refractivity contribution < 1.29 is 14.6 Å². The molecular formula is C10H20O3. The number of esters is 1. The highest BCUT2D eigenvalue weighted by Crippen LogP contribution is 2.12. The van der Waals surface area contributed by atoms with Crippen LogP contribution in [-0.4, -0.2) is 24.3 Å². The highest BCUT2D eigenvalue weighted by Gasteiger charge is 2.06. The third-order valence-corrected chi connectivity index (χ3v) is 1.98. The zero-order chi connectivity index (χ0) is 10.1. The average Bonchev–Trinajstić information content (AvgIpc) is 2.12. The van der Waals surface area contributed by atoms with Crippen LogP contribution in [0.15, 0.2) is 0 Å². The van der Waals surface area contributed by atoms with Crippen molar-refractivity contribution in [3.63, 3.8) is 0 Å². The molecule has 0 aromatic heterocycles. The largest absolute Gasteiger partial charge is 0.463 e. The van der Waals surface area contributed by atoms with Crippen molar-refractivity contribution in [2.24, 2.45) is 5.92 Å². The van der Waals surface area contributed by atoms with E-state index in [1.165, 1.54) is 0 Å². The van der Waals surface area contributed by atoms with Crippen LogP contribution in [0.1, 0.15) is 39.5 Å². The summed E-state index contributed by atoms with van der Waals surface area (Å²) < 4.78 is 4.73. The maximum Gasteiger partial charge on any atom is 0.305 e. The van der Waals surface area contributed by atoms with Gasteiger partial charge in [0.15, 0.2) is 0 Å². The first-order chi connectivity index (χ1) is 6.20.